The molecule has 1 atom stereocenters. The predicted molar refractivity (Wildman–Crippen MR) is 140 cm³/mol. The number of phenolic OH excluding ortho intramolecular Hbond substituents is 1. The second-order valence-electron chi connectivity index (χ2n) is 10.4. The summed E-state index contributed by atoms with van der Waals surface area (Å²) in [5, 5.41) is 10.8. The summed E-state index contributed by atoms with van der Waals surface area (Å²) >= 11 is 0. The maximum atomic E-state index is 15.3. The van der Waals surface area contributed by atoms with Gasteiger partial charge in [-0.2, -0.15) is 0 Å². The molecule has 1 aliphatic heterocycles. The number of Topliss-reactive ketones (excluding diaryl/α,β-unsaturated/α-hetero) is 1. The van der Waals surface area contributed by atoms with E-state index in [-0.39, 0.29) is 23.2 Å². The highest BCUT2D eigenvalue weighted by molar-refractivity contribution is 6.10. The normalized spacial score (nSPS) is 17.6. The van der Waals surface area contributed by atoms with E-state index in [0.29, 0.717) is 34.2 Å². The summed E-state index contributed by atoms with van der Waals surface area (Å²) in [6.07, 6.45) is 5.55. The highest BCUT2D eigenvalue weighted by Gasteiger charge is 2.35. The van der Waals surface area contributed by atoms with E-state index in [9.17, 15) is 9.90 Å². The molecule has 2 aliphatic rings. The van der Waals surface area contributed by atoms with Gasteiger partial charge in [-0.15, -0.1) is 0 Å². The molecular weight excluding hydrogens is 457 g/mol. The number of hydrogen-bond donors (Lipinski definition) is 1. The van der Waals surface area contributed by atoms with E-state index in [0.717, 1.165) is 49.8 Å². The number of hydrogen-bond acceptors (Lipinski definition) is 6. The SMILES string of the molecule is COc1cc(-c2cc3c(N4CCC(C(C)N(C)C)CC4)c(C(=O)C4CC4)cnc3cc2F)ccc1O. The highest BCUT2D eigenvalue weighted by atomic mass is 19.1. The zero-order valence-electron chi connectivity index (χ0n) is 21.4. The Morgan fingerprint density at radius 2 is 1.89 bits per heavy atom. The zero-order valence-corrected chi connectivity index (χ0v) is 21.4. The lowest BCUT2D eigenvalue weighted by Crippen LogP contribution is -2.42. The van der Waals surface area contributed by atoms with Crippen molar-refractivity contribution in [2.24, 2.45) is 11.8 Å². The lowest BCUT2D eigenvalue weighted by Gasteiger charge is -2.39. The van der Waals surface area contributed by atoms with Gasteiger partial charge in [0.05, 0.1) is 23.9 Å². The molecule has 1 aromatic heterocycles. The van der Waals surface area contributed by atoms with E-state index >= 15 is 4.39 Å². The third kappa shape index (κ3) is 4.52. The monoisotopic (exact) mass is 491 g/mol. The Morgan fingerprint density at radius 1 is 1.17 bits per heavy atom. The molecular formula is C29H34FN3O3. The van der Waals surface area contributed by atoms with Crippen molar-refractivity contribution in [3.8, 4) is 22.6 Å². The van der Waals surface area contributed by atoms with Crippen LogP contribution in [0.1, 0.15) is 43.0 Å². The van der Waals surface area contributed by atoms with Crippen molar-refractivity contribution in [2.45, 2.75) is 38.6 Å². The smallest absolute Gasteiger partial charge is 0.169 e. The molecule has 5 rings (SSSR count). The zero-order chi connectivity index (χ0) is 25.6. The molecule has 2 aromatic carbocycles. The summed E-state index contributed by atoms with van der Waals surface area (Å²) in [5.74, 6) is 0.658. The van der Waals surface area contributed by atoms with E-state index in [1.54, 1.807) is 24.4 Å². The fourth-order valence-corrected chi connectivity index (χ4v) is 5.38. The molecule has 6 nitrogen and oxygen atoms in total. The van der Waals surface area contributed by atoms with Gasteiger partial charge in [-0.3, -0.25) is 9.78 Å². The number of anilines is 1. The molecule has 0 spiro atoms. The number of ether oxygens (including phenoxy) is 1. The Kier molecular flexibility index (Phi) is 6.60. The fourth-order valence-electron chi connectivity index (χ4n) is 5.38. The fraction of sp³-hybridized carbons (Fsp3) is 0.448. The summed E-state index contributed by atoms with van der Waals surface area (Å²) in [6.45, 7) is 3.95. The molecule has 3 aromatic rings. The first-order chi connectivity index (χ1) is 17.3. The van der Waals surface area contributed by atoms with Crippen LogP contribution in [0, 0.1) is 17.7 Å². The van der Waals surface area contributed by atoms with E-state index in [1.165, 1.54) is 19.2 Å². The molecule has 1 aliphatic carbocycles. The molecule has 0 radical (unpaired) electrons. The Bertz CT molecular complexity index is 1300. The molecule has 190 valence electrons. The van der Waals surface area contributed by atoms with Gasteiger partial charge in [-0.05, 0) is 76.4 Å². The lowest BCUT2D eigenvalue weighted by molar-refractivity contribution is 0.0967. The number of fused-ring (bicyclic) bond motifs is 1. The lowest BCUT2D eigenvalue weighted by atomic mass is 9.88. The van der Waals surface area contributed by atoms with Gasteiger partial charge < -0.3 is 19.6 Å². The van der Waals surface area contributed by atoms with Crippen LogP contribution >= 0.6 is 0 Å². The molecule has 1 N–H and O–H groups in total. The maximum Gasteiger partial charge on any atom is 0.169 e. The van der Waals surface area contributed by atoms with Gasteiger partial charge in [0.1, 0.15) is 5.82 Å². The van der Waals surface area contributed by atoms with Gasteiger partial charge in [-0.25, -0.2) is 4.39 Å². The van der Waals surface area contributed by atoms with Gasteiger partial charge in [0.25, 0.3) is 0 Å². The van der Waals surface area contributed by atoms with Crippen LogP contribution in [0.2, 0.25) is 0 Å². The second kappa shape index (κ2) is 9.69. The molecule has 0 bridgehead atoms. The third-order valence-electron chi connectivity index (χ3n) is 7.99. The minimum absolute atomic E-state index is 0.00283. The van der Waals surface area contributed by atoms with E-state index < -0.39 is 5.82 Å². The first-order valence-electron chi connectivity index (χ1n) is 12.7. The van der Waals surface area contributed by atoms with Crippen LogP contribution in [-0.2, 0) is 0 Å². The number of benzene rings is 2. The molecule has 7 heteroatoms. The first-order valence-corrected chi connectivity index (χ1v) is 12.7. The number of pyridine rings is 1. The van der Waals surface area contributed by atoms with Crippen LogP contribution in [0.4, 0.5) is 10.1 Å². The van der Waals surface area contributed by atoms with Crippen molar-refractivity contribution in [2.75, 3.05) is 39.2 Å². The van der Waals surface area contributed by atoms with E-state index in [4.69, 9.17) is 4.74 Å². The summed E-state index contributed by atoms with van der Waals surface area (Å²) in [4.78, 5) is 22.4. The summed E-state index contributed by atoms with van der Waals surface area (Å²) in [5.41, 5.74) is 3.03. The van der Waals surface area contributed by atoms with E-state index in [1.807, 2.05) is 0 Å². The number of carbonyl (C=O) groups is 1. The number of piperidine rings is 1. The van der Waals surface area contributed by atoms with Crippen molar-refractivity contribution in [3.05, 3.63) is 47.9 Å². The van der Waals surface area contributed by atoms with Crippen molar-refractivity contribution >= 4 is 22.4 Å². The number of phenols is 1. The van der Waals surface area contributed by atoms with Crippen LogP contribution in [0.25, 0.3) is 22.0 Å². The summed E-state index contributed by atoms with van der Waals surface area (Å²) < 4.78 is 20.5. The van der Waals surface area contributed by atoms with Gasteiger partial charge in [0.15, 0.2) is 17.3 Å². The van der Waals surface area contributed by atoms with Crippen molar-refractivity contribution in [1.29, 1.82) is 0 Å². The van der Waals surface area contributed by atoms with Gasteiger partial charge >= 0.3 is 0 Å². The van der Waals surface area contributed by atoms with Gasteiger partial charge in [0.2, 0.25) is 0 Å². The number of halogens is 1. The highest BCUT2D eigenvalue weighted by Crippen LogP contribution is 2.41. The van der Waals surface area contributed by atoms with Gasteiger partial charge in [-0.1, -0.05) is 6.07 Å². The summed E-state index contributed by atoms with van der Waals surface area (Å²) in [6, 6.07) is 8.53. The third-order valence-corrected chi connectivity index (χ3v) is 7.99. The minimum atomic E-state index is -0.409. The average Bonchev–Trinajstić information content (AvgIpc) is 3.73. The largest absolute Gasteiger partial charge is 0.504 e. The number of aromatic nitrogens is 1. The molecule has 0 amide bonds. The Balaban J connectivity index is 1.61. The van der Waals surface area contributed by atoms with Crippen LogP contribution < -0.4 is 9.64 Å². The topological polar surface area (TPSA) is 65.9 Å². The van der Waals surface area contributed by atoms with Crippen LogP contribution in [-0.4, -0.2) is 61.1 Å². The number of methoxy groups -OCH3 is 1. The second-order valence-corrected chi connectivity index (χ2v) is 10.4. The summed E-state index contributed by atoms with van der Waals surface area (Å²) in [7, 11) is 5.70. The average molecular weight is 492 g/mol. The number of aromatic hydroxyl groups is 1. The molecule has 1 saturated heterocycles. The molecule has 2 fully saturated rings. The number of carbonyl (C=O) groups excluding carboxylic acids is 1. The first kappa shape index (κ1) is 24.5. The van der Waals surface area contributed by atoms with Crippen molar-refractivity contribution < 1.29 is 19.0 Å². The number of nitrogens with zero attached hydrogens (tertiary/aromatic N) is 3. The van der Waals surface area contributed by atoms with Crippen molar-refractivity contribution in [3.63, 3.8) is 0 Å². The van der Waals surface area contributed by atoms with Crippen LogP contribution in [0.3, 0.4) is 0 Å². The number of rotatable bonds is 7. The Labute approximate surface area is 211 Å². The van der Waals surface area contributed by atoms with Crippen LogP contribution in [0.5, 0.6) is 11.5 Å². The Morgan fingerprint density at radius 3 is 2.53 bits per heavy atom. The number of ketones is 1. The van der Waals surface area contributed by atoms with Gasteiger partial charge in [0, 0.05) is 48.3 Å². The Hall–Kier alpha value is -3.19. The maximum absolute atomic E-state index is 15.3. The molecule has 1 saturated carbocycles. The molecule has 1 unspecified atom stereocenters. The minimum Gasteiger partial charge on any atom is -0.504 e. The van der Waals surface area contributed by atoms with Crippen LogP contribution in [0.15, 0.2) is 36.5 Å². The molecule has 36 heavy (non-hydrogen) atoms. The molecule has 2 heterocycles. The quantitative estimate of drug-likeness (QED) is 0.440. The van der Waals surface area contributed by atoms with Crippen molar-refractivity contribution in [1.82, 2.24) is 9.88 Å². The standard InChI is InChI=1S/C29H34FN3O3/c1-17(32(2)3)18-9-11-33(12-10-18)28-22-14-21(20-7-8-26(34)27(13-20)36-4)24(30)15-25(22)31-16-23(28)29(35)19-5-6-19/h7-8,13-19,34H,5-6,9-12H2,1-4H3. The van der Waals surface area contributed by atoms with E-state index in [2.05, 4.69) is 35.8 Å². The predicted octanol–water partition coefficient (Wildman–Crippen LogP) is 5.51.